The lowest BCUT2D eigenvalue weighted by molar-refractivity contribution is 0.0790. The molecule has 2 rings (SSSR count). The number of nitrogens with two attached hydrogens (primary N) is 1. The van der Waals surface area contributed by atoms with Gasteiger partial charge in [-0.1, -0.05) is 11.3 Å². The molecule has 18 heavy (non-hydrogen) atoms. The third-order valence-corrected chi connectivity index (χ3v) is 4.41. The zero-order chi connectivity index (χ0) is 13.3. The number of thiazole rings is 1. The van der Waals surface area contributed by atoms with Gasteiger partial charge in [0.2, 0.25) is 0 Å². The van der Waals surface area contributed by atoms with Crippen molar-refractivity contribution >= 4 is 28.2 Å². The lowest BCUT2D eigenvalue weighted by atomic mass is 10.4. The molecule has 1 aromatic heterocycles. The Hall–Kier alpha value is -1.30. The summed E-state index contributed by atoms with van der Waals surface area (Å²) in [7, 11) is 1.84. The number of hydrogen-bond acceptors (Lipinski definition) is 5. The van der Waals surface area contributed by atoms with Crippen LogP contribution < -0.4 is 10.6 Å². The van der Waals surface area contributed by atoms with Gasteiger partial charge in [-0.2, -0.15) is 0 Å². The number of anilines is 2. The van der Waals surface area contributed by atoms with Gasteiger partial charge in [-0.25, -0.2) is 4.98 Å². The lowest BCUT2D eigenvalue weighted by Gasteiger charge is -2.16. The second-order valence-corrected chi connectivity index (χ2v) is 5.51. The summed E-state index contributed by atoms with van der Waals surface area (Å²) in [4.78, 5) is 21.0. The summed E-state index contributed by atoms with van der Waals surface area (Å²) in [5, 5.41) is 0.838. The van der Waals surface area contributed by atoms with E-state index in [0.29, 0.717) is 16.7 Å². The first kappa shape index (κ1) is 13.1. The van der Waals surface area contributed by atoms with E-state index in [1.165, 1.54) is 11.3 Å². The molecule has 0 saturated heterocycles. The molecule has 1 aliphatic carbocycles. The maximum Gasteiger partial charge on any atom is 0.267 e. The minimum atomic E-state index is 0.00547. The molecule has 100 valence electrons. The van der Waals surface area contributed by atoms with Crippen molar-refractivity contribution in [3.05, 3.63) is 4.88 Å². The maximum atomic E-state index is 12.3. The molecule has 2 N–H and O–H groups in total. The number of nitrogens with zero attached hydrogens (tertiary/aromatic N) is 3. The van der Waals surface area contributed by atoms with E-state index >= 15 is 0 Å². The Labute approximate surface area is 112 Å². The van der Waals surface area contributed by atoms with Gasteiger partial charge in [0.05, 0.1) is 0 Å². The van der Waals surface area contributed by atoms with E-state index in [1.807, 2.05) is 7.05 Å². The van der Waals surface area contributed by atoms with Crippen molar-refractivity contribution in [1.82, 2.24) is 9.88 Å². The van der Waals surface area contributed by atoms with Crippen molar-refractivity contribution in [3.63, 3.8) is 0 Å². The van der Waals surface area contributed by atoms with Gasteiger partial charge in [-0.05, 0) is 26.7 Å². The molecular formula is C12H20N4OS. The molecule has 0 spiro atoms. The number of carbonyl (C=O) groups excluding carboxylic acids is 1. The van der Waals surface area contributed by atoms with Crippen LogP contribution in [-0.4, -0.2) is 42.0 Å². The topological polar surface area (TPSA) is 62.5 Å². The molecule has 5 nitrogen and oxygen atoms in total. The first-order valence-corrected chi connectivity index (χ1v) is 7.18. The molecule has 0 radical (unpaired) electrons. The number of aromatic nitrogens is 1. The van der Waals surface area contributed by atoms with Crippen molar-refractivity contribution < 1.29 is 4.79 Å². The third-order valence-electron chi connectivity index (χ3n) is 3.29. The molecule has 1 fully saturated rings. The fraction of sp³-hybridized carbons (Fsp3) is 0.667. The molecule has 1 heterocycles. The Bertz CT molecular complexity index is 437. The van der Waals surface area contributed by atoms with Crippen LogP contribution in [0.15, 0.2) is 0 Å². The van der Waals surface area contributed by atoms with Gasteiger partial charge < -0.3 is 15.5 Å². The second-order valence-electron chi connectivity index (χ2n) is 4.53. The molecule has 0 unspecified atom stereocenters. The Morgan fingerprint density at radius 3 is 2.56 bits per heavy atom. The van der Waals surface area contributed by atoms with E-state index in [2.05, 4.69) is 23.7 Å². The number of nitrogen functional groups attached to an aromatic ring is 1. The highest BCUT2D eigenvalue weighted by Crippen LogP contribution is 2.32. The molecule has 0 aliphatic heterocycles. The highest BCUT2D eigenvalue weighted by Gasteiger charge is 2.32. The van der Waals surface area contributed by atoms with Crippen molar-refractivity contribution in [2.24, 2.45) is 0 Å². The summed E-state index contributed by atoms with van der Waals surface area (Å²) in [6.45, 7) is 5.88. The van der Waals surface area contributed by atoms with Crippen LogP contribution in [0, 0.1) is 0 Å². The molecule has 1 aliphatic rings. The molecule has 1 saturated carbocycles. The van der Waals surface area contributed by atoms with E-state index in [4.69, 9.17) is 5.73 Å². The normalized spacial score (nSPS) is 14.6. The van der Waals surface area contributed by atoms with E-state index in [1.54, 1.807) is 4.90 Å². The van der Waals surface area contributed by atoms with E-state index in [0.717, 1.165) is 31.1 Å². The van der Waals surface area contributed by atoms with Crippen molar-refractivity contribution in [3.8, 4) is 0 Å². The van der Waals surface area contributed by atoms with Gasteiger partial charge in [0.25, 0.3) is 5.91 Å². The zero-order valence-corrected chi connectivity index (χ0v) is 12.0. The molecule has 0 atom stereocenters. The van der Waals surface area contributed by atoms with Gasteiger partial charge in [0.15, 0.2) is 5.13 Å². The van der Waals surface area contributed by atoms with Gasteiger partial charge in [0.1, 0.15) is 10.7 Å². The summed E-state index contributed by atoms with van der Waals surface area (Å²) >= 11 is 1.40. The smallest absolute Gasteiger partial charge is 0.267 e. The monoisotopic (exact) mass is 268 g/mol. The highest BCUT2D eigenvalue weighted by atomic mass is 32.1. The van der Waals surface area contributed by atoms with Crippen molar-refractivity contribution in [1.29, 1.82) is 0 Å². The lowest BCUT2D eigenvalue weighted by Crippen LogP contribution is -2.28. The van der Waals surface area contributed by atoms with E-state index < -0.39 is 0 Å². The fourth-order valence-corrected chi connectivity index (χ4v) is 2.99. The molecule has 1 aromatic rings. The first-order valence-electron chi connectivity index (χ1n) is 6.36. The minimum absolute atomic E-state index is 0.00547. The predicted octanol–water partition coefficient (Wildman–Crippen LogP) is 1.81. The second kappa shape index (κ2) is 5.14. The Morgan fingerprint density at radius 1 is 1.44 bits per heavy atom. The first-order chi connectivity index (χ1) is 8.58. The summed E-state index contributed by atoms with van der Waals surface area (Å²) in [5.74, 6) is 0.366. The zero-order valence-electron chi connectivity index (χ0n) is 11.1. The van der Waals surface area contributed by atoms with Crippen LogP contribution in [-0.2, 0) is 0 Å². The Kier molecular flexibility index (Phi) is 3.75. The Morgan fingerprint density at radius 2 is 2.06 bits per heavy atom. The van der Waals surface area contributed by atoms with Gasteiger partial charge in [-0.15, -0.1) is 0 Å². The highest BCUT2D eigenvalue weighted by molar-refractivity contribution is 7.18. The number of rotatable bonds is 5. The van der Waals surface area contributed by atoms with E-state index in [-0.39, 0.29) is 5.91 Å². The Balaban J connectivity index is 2.20. The van der Waals surface area contributed by atoms with Crippen LogP contribution in [0.5, 0.6) is 0 Å². The van der Waals surface area contributed by atoms with Crippen LogP contribution in [0.3, 0.4) is 0 Å². The van der Waals surface area contributed by atoms with Crippen LogP contribution in [0.25, 0.3) is 0 Å². The maximum absolute atomic E-state index is 12.3. The summed E-state index contributed by atoms with van der Waals surface area (Å²) in [6.07, 6.45) is 2.20. The SMILES string of the molecule is CCN(CC)c1nc(N)c(C(=O)N(C)C2CC2)s1. The average molecular weight is 268 g/mol. The van der Waals surface area contributed by atoms with Crippen molar-refractivity contribution in [2.45, 2.75) is 32.7 Å². The molecule has 1 amide bonds. The third kappa shape index (κ3) is 2.43. The van der Waals surface area contributed by atoms with Crippen molar-refractivity contribution in [2.75, 3.05) is 30.8 Å². The number of hydrogen-bond donors (Lipinski definition) is 1. The fourth-order valence-electron chi connectivity index (χ4n) is 1.89. The van der Waals surface area contributed by atoms with E-state index in [9.17, 15) is 4.79 Å². The van der Waals surface area contributed by atoms with Crippen LogP contribution in [0.4, 0.5) is 10.9 Å². The predicted molar refractivity (Wildman–Crippen MR) is 75.2 cm³/mol. The van der Waals surface area contributed by atoms with Crippen LogP contribution >= 0.6 is 11.3 Å². The summed E-state index contributed by atoms with van der Waals surface area (Å²) in [5.41, 5.74) is 5.87. The number of amides is 1. The molecule has 6 heteroatoms. The van der Waals surface area contributed by atoms with Gasteiger partial charge >= 0.3 is 0 Å². The van der Waals surface area contributed by atoms with Gasteiger partial charge in [-0.3, -0.25) is 4.79 Å². The standard InChI is InChI=1S/C12H20N4OS/c1-4-16(5-2)12-14-10(13)9(18-12)11(17)15(3)8-6-7-8/h8H,4-7,13H2,1-3H3. The quantitative estimate of drug-likeness (QED) is 0.884. The number of carbonyl (C=O) groups is 1. The molecular weight excluding hydrogens is 248 g/mol. The largest absolute Gasteiger partial charge is 0.382 e. The van der Waals surface area contributed by atoms with Crippen LogP contribution in [0.2, 0.25) is 0 Å². The summed E-state index contributed by atoms with van der Waals surface area (Å²) < 4.78 is 0. The average Bonchev–Trinajstić information content (AvgIpc) is 3.13. The minimum Gasteiger partial charge on any atom is -0.382 e. The van der Waals surface area contributed by atoms with Gasteiger partial charge in [0, 0.05) is 26.2 Å². The molecule has 0 bridgehead atoms. The molecule has 0 aromatic carbocycles. The van der Waals surface area contributed by atoms with Crippen LogP contribution in [0.1, 0.15) is 36.4 Å². The summed E-state index contributed by atoms with van der Waals surface area (Å²) in [6, 6.07) is 0.399.